The van der Waals surface area contributed by atoms with Gasteiger partial charge in [-0.1, -0.05) is 57.9 Å². The van der Waals surface area contributed by atoms with Crippen molar-refractivity contribution in [2.45, 2.75) is 82.3 Å². The van der Waals surface area contributed by atoms with Crippen molar-refractivity contribution >= 4 is 0 Å². The van der Waals surface area contributed by atoms with Crippen LogP contribution in [0, 0.1) is 5.92 Å². The third kappa shape index (κ3) is 5.97. The van der Waals surface area contributed by atoms with E-state index in [9.17, 15) is 27.1 Å². The molecule has 2 unspecified atom stereocenters. The number of rotatable bonds is 12. The van der Waals surface area contributed by atoms with Crippen LogP contribution in [0.5, 0.6) is 0 Å². The van der Waals surface area contributed by atoms with Crippen molar-refractivity contribution in [2.24, 2.45) is 5.92 Å². The fraction of sp³-hybridized carbons (Fsp3) is 0.875. The van der Waals surface area contributed by atoms with Crippen molar-refractivity contribution < 1.29 is 37.3 Å². The predicted octanol–water partition coefficient (Wildman–Crippen LogP) is 4.17. The number of unbranched alkanes of at least 4 members (excludes halogenated alkanes) is 6. The molecule has 0 bridgehead atoms. The van der Waals surface area contributed by atoms with Crippen LogP contribution in [0.15, 0.2) is 12.7 Å². The molecule has 0 aliphatic heterocycles. The Morgan fingerprint density at radius 3 is 1.79 bits per heavy atom. The number of alkyl halides is 5. The van der Waals surface area contributed by atoms with Crippen LogP contribution in [0.4, 0.5) is 22.0 Å². The second-order valence-electron chi connectivity index (χ2n) is 6.05. The van der Waals surface area contributed by atoms with Gasteiger partial charge in [0.05, 0.1) is 0 Å². The molecule has 0 amide bonds. The lowest BCUT2D eigenvalue weighted by atomic mass is 9.87. The SMILES string of the molecule is C=CC(CCCCCCCCC)C(O)C(F)(F)C(O)(O)C(F)(F)F. The first-order valence-corrected chi connectivity index (χ1v) is 8.13. The normalized spacial score (nSPS) is 16.0. The predicted molar refractivity (Wildman–Crippen MR) is 80.5 cm³/mol. The summed E-state index contributed by atoms with van der Waals surface area (Å²) in [6.45, 7) is 5.31. The molecule has 0 aromatic rings. The van der Waals surface area contributed by atoms with Gasteiger partial charge in [0.1, 0.15) is 6.10 Å². The van der Waals surface area contributed by atoms with Gasteiger partial charge in [0.2, 0.25) is 0 Å². The van der Waals surface area contributed by atoms with Crippen molar-refractivity contribution in [2.75, 3.05) is 0 Å². The zero-order valence-electron chi connectivity index (χ0n) is 13.8. The smallest absolute Gasteiger partial charge is 0.386 e. The molecule has 0 fully saturated rings. The van der Waals surface area contributed by atoms with Crippen molar-refractivity contribution in [1.29, 1.82) is 0 Å². The van der Waals surface area contributed by atoms with Gasteiger partial charge in [-0.15, -0.1) is 6.58 Å². The molecule has 0 spiro atoms. The van der Waals surface area contributed by atoms with Crippen molar-refractivity contribution in [3.05, 3.63) is 12.7 Å². The first-order valence-electron chi connectivity index (χ1n) is 8.13. The summed E-state index contributed by atoms with van der Waals surface area (Å²) in [6, 6.07) is 0. The highest BCUT2D eigenvalue weighted by Gasteiger charge is 2.72. The highest BCUT2D eigenvalue weighted by atomic mass is 19.4. The minimum Gasteiger partial charge on any atom is -0.386 e. The van der Waals surface area contributed by atoms with Crippen LogP contribution in [-0.4, -0.2) is 39.3 Å². The molecule has 144 valence electrons. The second kappa shape index (κ2) is 9.68. The lowest BCUT2D eigenvalue weighted by Gasteiger charge is -2.37. The standard InChI is InChI=1S/C16H27F5O3/c1-3-5-6-7-8-9-10-11-12(4-2)13(22)14(17,18)15(23,24)16(19,20)21/h4,12-13,22-24H,2-3,5-11H2,1H3. The molecule has 8 heteroatoms. The summed E-state index contributed by atoms with van der Waals surface area (Å²) in [5.74, 6) is -11.9. The summed E-state index contributed by atoms with van der Waals surface area (Å²) >= 11 is 0. The zero-order chi connectivity index (χ0) is 19.0. The molecule has 2 atom stereocenters. The van der Waals surface area contributed by atoms with Gasteiger partial charge in [0.25, 0.3) is 0 Å². The van der Waals surface area contributed by atoms with E-state index in [1.807, 2.05) is 0 Å². The molecular weight excluding hydrogens is 335 g/mol. The molecule has 3 N–H and O–H groups in total. The van der Waals surface area contributed by atoms with Crippen LogP contribution in [0.25, 0.3) is 0 Å². The Kier molecular flexibility index (Phi) is 9.38. The Morgan fingerprint density at radius 1 is 0.917 bits per heavy atom. The highest BCUT2D eigenvalue weighted by molar-refractivity contribution is 5.00. The third-order valence-electron chi connectivity index (χ3n) is 4.08. The number of aliphatic hydroxyl groups is 3. The van der Waals surface area contributed by atoms with Crippen LogP contribution in [-0.2, 0) is 0 Å². The van der Waals surface area contributed by atoms with E-state index in [0.717, 1.165) is 38.2 Å². The average Bonchev–Trinajstić information content (AvgIpc) is 2.48. The van der Waals surface area contributed by atoms with Gasteiger partial charge in [-0.25, -0.2) is 0 Å². The molecular formula is C16H27F5O3. The maximum absolute atomic E-state index is 13.7. The summed E-state index contributed by atoms with van der Waals surface area (Å²) in [5, 5.41) is 27.1. The van der Waals surface area contributed by atoms with Crippen LogP contribution in [0.1, 0.15) is 58.3 Å². The molecule has 0 aliphatic rings. The average molecular weight is 362 g/mol. The fourth-order valence-corrected chi connectivity index (χ4v) is 2.41. The maximum atomic E-state index is 13.7. The molecule has 0 rings (SSSR count). The monoisotopic (exact) mass is 362 g/mol. The summed E-state index contributed by atoms with van der Waals surface area (Å²) in [5.41, 5.74) is 0. The van der Waals surface area contributed by atoms with E-state index >= 15 is 0 Å². The number of aliphatic hydroxyl groups excluding tert-OH is 1. The summed E-state index contributed by atoms with van der Waals surface area (Å²) in [7, 11) is 0. The molecule has 0 aromatic carbocycles. The molecule has 0 aliphatic carbocycles. The minimum atomic E-state index is -6.00. The van der Waals surface area contributed by atoms with E-state index in [1.165, 1.54) is 0 Å². The van der Waals surface area contributed by atoms with Gasteiger partial charge in [0.15, 0.2) is 0 Å². The van der Waals surface area contributed by atoms with E-state index in [4.69, 9.17) is 10.2 Å². The molecule has 0 saturated carbocycles. The Morgan fingerprint density at radius 2 is 1.38 bits per heavy atom. The fourth-order valence-electron chi connectivity index (χ4n) is 2.41. The number of halogens is 5. The van der Waals surface area contributed by atoms with E-state index in [1.54, 1.807) is 0 Å². The topological polar surface area (TPSA) is 60.7 Å². The van der Waals surface area contributed by atoms with Crippen LogP contribution in [0.3, 0.4) is 0 Å². The van der Waals surface area contributed by atoms with Crippen molar-refractivity contribution in [3.63, 3.8) is 0 Å². The minimum absolute atomic E-state index is 0.0119. The highest BCUT2D eigenvalue weighted by Crippen LogP contribution is 2.44. The number of hydrogen-bond acceptors (Lipinski definition) is 3. The molecule has 0 heterocycles. The molecule has 0 radical (unpaired) electrons. The second-order valence-corrected chi connectivity index (χ2v) is 6.05. The molecule has 3 nitrogen and oxygen atoms in total. The van der Waals surface area contributed by atoms with Gasteiger partial charge in [-0.3, -0.25) is 0 Å². The van der Waals surface area contributed by atoms with E-state index in [2.05, 4.69) is 13.5 Å². The first-order chi connectivity index (χ1) is 10.9. The largest absolute Gasteiger partial charge is 0.449 e. The quantitative estimate of drug-likeness (QED) is 0.211. The van der Waals surface area contributed by atoms with Crippen LogP contribution < -0.4 is 0 Å². The Bertz CT molecular complexity index is 369. The first kappa shape index (κ1) is 23.3. The number of hydrogen-bond donors (Lipinski definition) is 3. The van der Waals surface area contributed by atoms with E-state index < -0.39 is 29.9 Å². The summed E-state index contributed by atoms with van der Waals surface area (Å²) in [4.78, 5) is 0. The zero-order valence-corrected chi connectivity index (χ0v) is 13.8. The maximum Gasteiger partial charge on any atom is 0.449 e. The third-order valence-corrected chi connectivity index (χ3v) is 4.08. The Hall–Kier alpha value is -0.730. The van der Waals surface area contributed by atoms with Crippen molar-refractivity contribution in [1.82, 2.24) is 0 Å². The Balaban J connectivity index is 4.62. The van der Waals surface area contributed by atoms with Gasteiger partial charge in [-0.2, -0.15) is 22.0 Å². The van der Waals surface area contributed by atoms with Gasteiger partial charge >= 0.3 is 17.9 Å². The Labute approximate surface area is 139 Å². The molecule has 0 aromatic heterocycles. The van der Waals surface area contributed by atoms with Crippen LogP contribution in [0.2, 0.25) is 0 Å². The van der Waals surface area contributed by atoms with Gasteiger partial charge < -0.3 is 15.3 Å². The van der Waals surface area contributed by atoms with E-state index in [-0.39, 0.29) is 6.42 Å². The lowest BCUT2D eigenvalue weighted by Crippen LogP contribution is -2.64. The van der Waals surface area contributed by atoms with Crippen LogP contribution >= 0.6 is 0 Å². The van der Waals surface area contributed by atoms with Crippen molar-refractivity contribution in [3.8, 4) is 0 Å². The van der Waals surface area contributed by atoms with E-state index in [0.29, 0.717) is 12.8 Å². The molecule has 24 heavy (non-hydrogen) atoms. The molecule has 0 saturated heterocycles. The summed E-state index contributed by atoms with van der Waals surface area (Å²) in [6.07, 6.45) is -1.78. The van der Waals surface area contributed by atoms with Gasteiger partial charge in [0, 0.05) is 5.92 Å². The summed E-state index contributed by atoms with van der Waals surface area (Å²) < 4.78 is 64.6. The lowest BCUT2D eigenvalue weighted by molar-refractivity contribution is -0.430. The van der Waals surface area contributed by atoms with Gasteiger partial charge in [-0.05, 0) is 6.42 Å².